The number of nitrogens with zero attached hydrogens (tertiary/aromatic N) is 2. The highest BCUT2D eigenvalue weighted by Crippen LogP contribution is 2.29. The third-order valence-electron chi connectivity index (χ3n) is 4.20. The molecular formula is C17H17Cl2N3O4S. The Balaban J connectivity index is 1.83. The van der Waals surface area contributed by atoms with Crippen molar-refractivity contribution in [2.45, 2.75) is 24.3 Å². The molecule has 1 amide bonds. The Bertz CT molecular complexity index is 1010. The van der Waals surface area contributed by atoms with Gasteiger partial charge in [-0.25, -0.2) is 8.42 Å². The van der Waals surface area contributed by atoms with E-state index in [1.165, 1.54) is 16.6 Å². The Morgan fingerprint density at radius 2 is 1.70 bits per heavy atom. The first-order valence-electron chi connectivity index (χ1n) is 8.23. The Labute approximate surface area is 166 Å². The van der Waals surface area contributed by atoms with Crippen molar-refractivity contribution >= 4 is 44.8 Å². The zero-order valence-corrected chi connectivity index (χ0v) is 16.5. The molecule has 2 heterocycles. The molecule has 1 aliphatic heterocycles. The van der Waals surface area contributed by atoms with E-state index in [-0.39, 0.29) is 27.2 Å². The van der Waals surface area contributed by atoms with Crippen LogP contribution in [0.15, 0.2) is 46.2 Å². The molecule has 1 aromatic heterocycles. The summed E-state index contributed by atoms with van der Waals surface area (Å²) in [5.41, 5.74) is -0.254. The van der Waals surface area contributed by atoms with Crippen LogP contribution in [0.4, 0.5) is 5.69 Å². The van der Waals surface area contributed by atoms with Crippen molar-refractivity contribution in [3.8, 4) is 0 Å². The maximum atomic E-state index is 12.6. The van der Waals surface area contributed by atoms with Crippen LogP contribution in [0, 0.1) is 0 Å². The second-order valence-electron chi connectivity index (χ2n) is 6.09. The quantitative estimate of drug-likeness (QED) is 0.790. The van der Waals surface area contributed by atoms with Gasteiger partial charge in [-0.3, -0.25) is 9.59 Å². The number of hydrogen-bond donors (Lipinski definition) is 1. The van der Waals surface area contributed by atoms with Gasteiger partial charge >= 0.3 is 0 Å². The van der Waals surface area contributed by atoms with Crippen LogP contribution in [0.1, 0.15) is 12.8 Å². The van der Waals surface area contributed by atoms with Crippen molar-refractivity contribution in [1.82, 2.24) is 8.87 Å². The monoisotopic (exact) mass is 429 g/mol. The van der Waals surface area contributed by atoms with Crippen molar-refractivity contribution in [1.29, 1.82) is 0 Å². The molecule has 1 saturated heterocycles. The zero-order chi connectivity index (χ0) is 19.6. The number of benzene rings is 1. The minimum absolute atomic E-state index is 0.0208. The number of nitrogens with one attached hydrogen (secondary N) is 1. The van der Waals surface area contributed by atoms with Crippen molar-refractivity contribution in [3.63, 3.8) is 0 Å². The average Bonchev–Trinajstić information content (AvgIpc) is 3.15. The number of pyridine rings is 1. The van der Waals surface area contributed by atoms with Crippen LogP contribution in [0.25, 0.3) is 0 Å². The molecule has 1 N–H and O–H groups in total. The van der Waals surface area contributed by atoms with Gasteiger partial charge in [-0.15, -0.1) is 0 Å². The smallest absolute Gasteiger partial charge is 0.251 e. The van der Waals surface area contributed by atoms with Gasteiger partial charge < -0.3 is 9.88 Å². The van der Waals surface area contributed by atoms with E-state index in [1.807, 2.05) is 0 Å². The Kier molecular flexibility index (Phi) is 5.90. The number of sulfonamides is 1. The van der Waals surface area contributed by atoms with E-state index in [0.29, 0.717) is 13.1 Å². The van der Waals surface area contributed by atoms with Crippen molar-refractivity contribution in [2.75, 3.05) is 18.4 Å². The highest BCUT2D eigenvalue weighted by atomic mass is 35.5. The first-order chi connectivity index (χ1) is 12.8. The van der Waals surface area contributed by atoms with Crippen LogP contribution >= 0.6 is 23.2 Å². The average molecular weight is 430 g/mol. The van der Waals surface area contributed by atoms with E-state index in [4.69, 9.17) is 23.2 Å². The molecule has 1 fully saturated rings. The van der Waals surface area contributed by atoms with E-state index in [9.17, 15) is 18.0 Å². The van der Waals surface area contributed by atoms with Crippen molar-refractivity contribution in [3.05, 3.63) is 56.9 Å². The predicted molar refractivity (Wildman–Crippen MR) is 104 cm³/mol. The lowest BCUT2D eigenvalue weighted by Gasteiger charge is -2.16. The number of amides is 1. The molecule has 27 heavy (non-hydrogen) atoms. The number of rotatable bonds is 5. The van der Waals surface area contributed by atoms with Crippen LogP contribution in [0.5, 0.6) is 0 Å². The van der Waals surface area contributed by atoms with Crippen LogP contribution in [0.3, 0.4) is 0 Å². The summed E-state index contributed by atoms with van der Waals surface area (Å²) in [6.07, 6.45) is 2.80. The third-order valence-corrected chi connectivity index (χ3v) is 6.71. The molecule has 0 aliphatic carbocycles. The molecule has 144 valence electrons. The van der Waals surface area contributed by atoms with Gasteiger partial charge in [0.2, 0.25) is 15.9 Å². The second kappa shape index (κ2) is 8.02. The molecule has 3 rings (SSSR count). The summed E-state index contributed by atoms with van der Waals surface area (Å²) in [7, 11) is -3.69. The van der Waals surface area contributed by atoms with Crippen molar-refractivity contribution < 1.29 is 13.2 Å². The van der Waals surface area contributed by atoms with E-state index in [1.54, 1.807) is 18.2 Å². The van der Waals surface area contributed by atoms with Crippen LogP contribution in [-0.2, 0) is 21.4 Å². The van der Waals surface area contributed by atoms with E-state index >= 15 is 0 Å². The second-order valence-corrected chi connectivity index (χ2v) is 8.84. The minimum Gasteiger partial charge on any atom is -0.322 e. The highest BCUT2D eigenvalue weighted by molar-refractivity contribution is 7.89. The SMILES string of the molecule is O=C(Cn1cc(S(=O)(=O)N2CCCC2)ccc1=O)Nc1c(Cl)cccc1Cl. The van der Waals surface area contributed by atoms with Gasteiger partial charge in [-0.05, 0) is 31.0 Å². The van der Waals surface area contributed by atoms with Gasteiger partial charge in [0, 0.05) is 25.4 Å². The summed E-state index contributed by atoms with van der Waals surface area (Å²) in [5, 5.41) is 3.06. The lowest BCUT2D eigenvalue weighted by atomic mass is 10.3. The number of aromatic nitrogens is 1. The lowest BCUT2D eigenvalue weighted by Crippen LogP contribution is -2.31. The van der Waals surface area contributed by atoms with Gasteiger partial charge in [0.15, 0.2) is 0 Å². The fourth-order valence-corrected chi connectivity index (χ4v) is 4.84. The molecule has 0 saturated carbocycles. The van der Waals surface area contributed by atoms with E-state index in [2.05, 4.69) is 5.32 Å². The molecule has 10 heteroatoms. The molecule has 7 nitrogen and oxygen atoms in total. The first kappa shape index (κ1) is 19.9. The minimum atomic E-state index is -3.69. The van der Waals surface area contributed by atoms with Gasteiger partial charge in [0.25, 0.3) is 5.56 Å². The molecule has 0 unspecified atom stereocenters. The molecule has 0 bridgehead atoms. The van der Waals surface area contributed by atoms with Gasteiger partial charge in [0.1, 0.15) is 6.54 Å². The standard InChI is InChI=1S/C17H17Cl2N3O4S/c18-13-4-3-5-14(19)17(13)20-15(23)11-21-10-12(6-7-16(21)24)27(25,26)22-8-1-2-9-22/h3-7,10H,1-2,8-9,11H2,(H,20,23). The fraction of sp³-hybridized carbons (Fsp3) is 0.294. The number of carbonyl (C=O) groups is 1. The molecule has 0 atom stereocenters. The topological polar surface area (TPSA) is 88.5 Å². The van der Waals surface area contributed by atoms with Crippen LogP contribution in [0.2, 0.25) is 10.0 Å². The maximum Gasteiger partial charge on any atom is 0.251 e. The summed E-state index contributed by atoms with van der Waals surface area (Å²) in [4.78, 5) is 24.4. The number of hydrogen-bond acceptors (Lipinski definition) is 4. The summed E-state index contributed by atoms with van der Waals surface area (Å²) in [6.45, 7) is 0.531. The van der Waals surface area contributed by atoms with E-state index in [0.717, 1.165) is 23.5 Å². The van der Waals surface area contributed by atoms with Gasteiger partial charge in [-0.1, -0.05) is 29.3 Å². The number of anilines is 1. The Morgan fingerprint density at radius 1 is 1.07 bits per heavy atom. The molecule has 1 aromatic carbocycles. The Morgan fingerprint density at radius 3 is 2.33 bits per heavy atom. The summed E-state index contributed by atoms with van der Waals surface area (Å²) >= 11 is 12.0. The summed E-state index contributed by atoms with van der Waals surface area (Å²) < 4.78 is 27.7. The maximum absolute atomic E-state index is 12.6. The van der Waals surface area contributed by atoms with Gasteiger partial charge in [0.05, 0.1) is 20.6 Å². The fourth-order valence-electron chi connectivity index (χ4n) is 2.81. The van der Waals surface area contributed by atoms with Crippen LogP contribution in [-0.4, -0.2) is 36.3 Å². The van der Waals surface area contributed by atoms with Gasteiger partial charge in [-0.2, -0.15) is 4.31 Å². The number of carbonyl (C=O) groups excluding carboxylic acids is 1. The molecule has 0 spiro atoms. The third kappa shape index (κ3) is 4.35. The predicted octanol–water partition coefficient (Wildman–Crippen LogP) is 2.58. The Hall–Kier alpha value is -1.87. The molecular weight excluding hydrogens is 413 g/mol. The lowest BCUT2D eigenvalue weighted by molar-refractivity contribution is -0.116. The normalized spacial score (nSPS) is 15.0. The summed E-state index contributed by atoms with van der Waals surface area (Å²) in [6, 6.07) is 7.17. The number of halogens is 2. The summed E-state index contributed by atoms with van der Waals surface area (Å²) in [5.74, 6) is -0.553. The molecule has 2 aromatic rings. The first-order valence-corrected chi connectivity index (χ1v) is 10.4. The number of para-hydroxylation sites is 1. The molecule has 1 aliphatic rings. The highest BCUT2D eigenvalue weighted by Gasteiger charge is 2.27. The zero-order valence-electron chi connectivity index (χ0n) is 14.2. The van der Waals surface area contributed by atoms with Crippen LogP contribution < -0.4 is 10.9 Å². The van der Waals surface area contributed by atoms with E-state index < -0.39 is 21.5 Å². The largest absolute Gasteiger partial charge is 0.322 e. The molecule has 0 radical (unpaired) electrons. The van der Waals surface area contributed by atoms with Crippen molar-refractivity contribution in [2.24, 2.45) is 0 Å².